The summed E-state index contributed by atoms with van der Waals surface area (Å²) >= 11 is 0. The predicted molar refractivity (Wildman–Crippen MR) is 77.3 cm³/mol. The molecule has 2 aromatic rings. The molecular weight excluding hydrogens is 236 g/mol. The lowest BCUT2D eigenvalue weighted by Gasteiger charge is -2.11. The molecule has 0 bridgehead atoms. The Morgan fingerprint density at radius 3 is 2.89 bits per heavy atom. The first kappa shape index (κ1) is 12.2. The van der Waals surface area contributed by atoms with Crippen LogP contribution in [0.4, 0.5) is 0 Å². The van der Waals surface area contributed by atoms with E-state index in [0.717, 1.165) is 42.4 Å². The van der Waals surface area contributed by atoms with Gasteiger partial charge in [-0.2, -0.15) is 0 Å². The van der Waals surface area contributed by atoms with Gasteiger partial charge in [-0.25, -0.2) is 0 Å². The molecule has 1 aliphatic rings. The molecule has 1 atom stereocenters. The minimum Gasteiger partial charge on any atom is -0.352 e. The zero-order chi connectivity index (χ0) is 13.1. The number of fused-ring (bicyclic) bond motifs is 1. The monoisotopic (exact) mass is 254 g/mol. The van der Waals surface area contributed by atoms with Crippen LogP contribution in [0.15, 0.2) is 42.5 Å². The molecule has 2 N–H and O–H groups in total. The first-order valence-electron chi connectivity index (χ1n) is 6.81. The van der Waals surface area contributed by atoms with Crippen LogP contribution >= 0.6 is 0 Å². The molecule has 98 valence electrons. The molecule has 1 saturated heterocycles. The summed E-state index contributed by atoms with van der Waals surface area (Å²) in [6.45, 7) is 2.83. The van der Waals surface area contributed by atoms with Crippen molar-refractivity contribution in [2.24, 2.45) is 5.92 Å². The van der Waals surface area contributed by atoms with E-state index in [9.17, 15) is 4.79 Å². The van der Waals surface area contributed by atoms with E-state index in [2.05, 4.69) is 10.6 Å². The molecule has 1 unspecified atom stereocenters. The van der Waals surface area contributed by atoms with Gasteiger partial charge in [0.25, 0.3) is 5.91 Å². The largest absolute Gasteiger partial charge is 0.352 e. The maximum atomic E-state index is 12.3. The van der Waals surface area contributed by atoms with E-state index in [1.807, 2.05) is 42.5 Å². The summed E-state index contributed by atoms with van der Waals surface area (Å²) in [5, 5.41) is 8.50. The first-order valence-corrected chi connectivity index (χ1v) is 6.81. The second-order valence-corrected chi connectivity index (χ2v) is 5.10. The molecule has 0 radical (unpaired) electrons. The van der Waals surface area contributed by atoms with Crippen LogP contribution in [0.2, 0.25) is 0 Å². The SMILES string of the molecule is O=C(NCC1CCNC1)c1cccc2ccccc12. The van der Waals surface area contributed by atoms with Gasteiger partial charge in [0, 0.05) is 12.1 Å². The topological polar surface area (TPSA) is 41.1 Å². The fourth-order valence-electron chi connectivity index (χ4n) is 2.64. The smallest absolute Gasteiger partial charge is 0.251 e. The number of hydrogen-bond donors (Lipinski definition) is 2. The molecule has 3 nitrogen and oxygen atoms in total. The van der Waals surface area contributed by atoms with Crippen molar-refractivity contribution in [2.45, 2.75) is 6.42 Å². The molecule has 0 aromatic heterocycles. The van der Waals surface area contributed by atoms with Crippen molar-refractivity contribution in [3.05, 3.63) is 48.0 Å². The van der Waals surface area contributed by atoms with Gasteiger partial charge >= 0.3 is 0 Å². The van der Waals surface area contributed by atoms with Gasteiger partial charge in [-0.05, 0) is 42.3 Å². The lowest BCUT2D eigenvalue weighted by atomic mass is 10.0. The van der Waals surface area contributed by atoms with Gasteiger partial charge in [-0.15, -0.1) is 0 Å². The number of amides is 1. The van der Waals surface area contributed by atoms with E-state index in [4.69, 9.17) is 0 Å². The van der Waals surface area contributed by atoms with E-state index in [0.29, 0.717) is 5.92 Å². The highest BCUT2D eigenvalue weighted by Gasteiger charge is 2.16. The number of carbonyl (C=O) groups excluding carboxylic acids is 1. The summed E-state index contributed by atoms with van der Waals surface area (Å²) in [6, 6.07) is 13.9. The summed E-state index contributed by atoms with van der Waals surface area (Å²) in [6.07, 6.45) is 1.15. The third kappa shape index (κ3) is 2.61. The molecule has 1 amide bonds. The minimum absolute atomic E-state index is 0.0312. The van der Waals surface area contributed by atoms with Crippen molar-refractivity contribution >= 4 is 16.7 Å². The molecule has 1 aliphatic heterocycles. The van der Waals surface area contributed by atoms with Crippen molar-refractivity contribution in [2.75, 3.05) is 19.6 Å². The molecule has 0 aliphatic carbocycles. The summed E-state index contributed by atoms with van der Waals surface area (Å²) < 4.78 is 0. The average Bonchev–Trinajstić information content (AvgIpc) is 2.97. The molecule has 0 spiro atoms. The third-order valence-corrected chi connectivity index (χ3v) is 3.75. The maximum absolute atomic E-state index is 12.3. The van der Waals surface area contributed by atoms with E-state index in [-0.39, 0.29) is 5.91 Å². The number of hydrogen-bond acceptors (Lipinski definition) is 2. The van der Waals surface area contributed by atoms with Crippen LogP contribution in [0.1, 0.15) is 16.8 Å². The Balaban J connectivity index is 1.77. The quantitative estimate of drug-likeness (QED) is 0.881. The molecule has 2 aromatic carbocycles. The molecule has 3 heteroatoms. The van der Waals surface area contributed by atoms with Gasteiger partial charge in [-0.3, -0.25) is 4.79 Å². The second kappa shape index (κ2) is 5.41. The van der Waals surface area contributed by atoms with Gasteiger partial charge in [0.2, 0.25) is 0 Å². The summed E-state index contributed by atoms with van der Waals surface area (Å²) in [5.74, 6) is 0.600. The van der Waals surface area contributed by atoms with Gasteiger partial charge in [0.15, 0.2) is 0 Å². The first-order chi connectivity index (χ1) is 9.34. The predicted octanol–water partition coefficient (Wildman–Crippen LogP) is 2.18. The van der Waals surface area contributed by atoms with Crippen molar-refractivity contribution < 1.29 is 4.79 Å². The highest BCUT2D eigenvalue weighted by molar-refractivity contribution is 6.06. The fourth-order valence-corrected chi connectivity index (χ4v) is 2.64. The van der Waals surface area contributed by atoms with Crippen LogP contribution in [0.25, 0.3) is 10.8 Å². The van der Waals surface area contributed by atoms with E-state index >= 15 is 0 Å². The van der Waals surface area contributed by atoms with E-state index in [1.54, 1.807) is 0 Å². The van der Waals surface area contributed by atoms with E-state index < -0.39 is 0 Å². The Bertz CT molecular complexity index is 583. The summed E-state index contributed by atoms with van der Waals surface area (Å²) in [4.78, 5) is 12.3. The lowest BCUT2D eigenvalue weighted by Crippen LogP contribution is -2.30. The van der Waals surface area contributed by atoms with Crippen LogP contribution in [0, 0.1) is 5.92 Å². The van der Waals surface area contributed by atoms with E-state index in [1.165, 1.54) is 0 Å². The highest BCUT2D eigenvalue weighted by Crippen LogP contribution is 2.18. The third-order valence-electron chi connectivity index (χ3n) is 3.75. The van der Waals surface area contributed by atoms with Gasteiger partial charge in [0.1, 0.15) is 0 Å². The van der Waals surface area contributed by atoms with Gasteiger partial charge in [-0.1, -0.05) is 36.4 Å². The van der Waals surface area contributed by atoms with Crippen molar-refractivity contribution in [3.63, 3.8) is 0 Å². The zero-order valence-electron chi connectivity index (χ0n) is 10.9. The Hall–Kier alpha value is -1.87. The lowest BCUT2D eigenvalue weighted by molar-refractivity contribution is 0.0950. The van der Waals surface area contributed by atoms with Crippen LogP contribution < -0.4 is 10.6 Å². The molecule has 19 heavy (non-hydrogen) atoms. The van der Waals surface area contributed by atoms with Crippen molar-refractivity contribution in [1.82, 2.24) is 10.6 Å². The maximum Gasteiger partial charge on any atom is 0.251 e. The molecular formula is C16H18N2O. The molecule has 0 saturated carbocycles. The number of carbonyl (C=O) groups is 1. The summed E-state index contributed by atoms with van der Waals surface area (Å²) in [7, 11) is 0. The molecule has 1 fully saturated rings. The number of rotatable bonds is 3. The Morgan fingerprint density at radius 2 is 2.05 bits per heavy atom. The Morgan fingerprint density at radius 1 is 1.21 bits per heavy atom. The fraction of sp³-hybridized carbons (Fsp3) is 0.312. The number of nitrogens with one attached hydrogen (secondary N) is 2. The summed E-state index contributed by atoms with van der Waals surface area (Å²) in [5.41, 5.74) is 0.768. The van der Waals surface area contributed by atoms with Crippen LogP contribution in [-0.2, 0) is 0 Å². The van der Waals surface area contributed by atoms with Crippen LogP contribution in [0.3, 0.4) is 0 Å². The minimum atomic E-state index is 0.0312. The van der Waals surface area contributed by atoms with Crippen molar-refractivity contribution in [3.8, 4) is 0 Å². The average molecular weight is 254 g/mol. The normalized spacial score (nSPS) is 18.6. The van der Waals surface area contributed by atoms with Crippen LogP contribution in [-0.4, -0.2) is 25.5 Å². The van der Waals surface area contributed by atoms with Gasteiger partial charge < -0.3 is 10.6 Å². The Labute approximate surface area is 113 Å². The Kier molecular flexibility index (Phi) is 3.47. The molecule has 1 heterocycles. The van der Waals surface area contributed by atoms with Crippen molar-refractivity contribution in [1.29, 1.82) is 0 Å². The standard InChI is InChI=1S/C16H18N2O/c19-16(18-11-12-8-9-17-10-12)15-7-3-5-13-4-1-2-6-14(13)15/h1-7,12,17H,8-11H2,(H,18,19). The molecule has 3 rings (SSSR count). The second-order valence-electron chi connectivity index (χ2n) is 5.10. The zero-order valence-corrected chi connectivity index (χ0v) is 10.9. The number of benzene rings is 2. The highest BCUT2D eigenvalue weighted by atomic mass is 16.1. The van der Waals surface area contributed by atoms with Crippen LogP contribution in [0.5, 0.6) is 0 Å². The van der Waals surface area contributed by atoms with Gasteiger partial charge in [0.05, 0.1) is 0 Å².